The fraction of sp³-hybridized carbons (Fsp3) is 0.167. The van der Waals surface area contributed by atoms with E-state index < -0.39 is 0 Å². The number of hydrogen-bond donors (Lipinski definition) is 2. The molecule has 2 aromatic carbocycles. The molecule has 2 rings (SSSR count). The normalized spacial score (nSPS) is 10.5. The summed E-state index contributed by atoms with van der Waals surface area (Å²) in [4.78, 5) is 23.6. The Balaban J connectivity index is 1.78. The van der Waals surface area contributed by atoms with E-state index in [1.807, 2.05) is 36.4 Å². The van der Waals surface area contributed by atoms with Crippen LogP contribution in [0.15, 0.2) is 58.1 Å². The van der Waals surface area contributed by atoms with Gasteiger partial charge in [-0.3, -0.25) is 9.59 Å². The molecule has 25 heavy (non-hydrogen) atoms. The van der Waals surface area contributed by atoms with Crippen molar-refractivity contribution < 1.29 is 14.3 Å². The number of amides is 2. The van der Waals surface area contributed by atoms with Crippen LogP contribution >= 0.6 is 15.9 Å². The Morgan fingerprint density at radius 3 is 2.52 bits per heavy atom. The summed E-state index contributed by atoms with van der Waals surface area (Å²) in [5.41, 5.74) is 3.81. The van der Waals surface area contributed by atoms with E-state index in [-0.39, 0.29) is 24.7 Å². The summed E-state index contributed by atoms with van der Waals surface area (Å²) < 4.78 is 5.97. The summed E-state index contributed by atoms with van der Waals surface area (Å²) in [5.74, 6) is 0.0810. The van der Waals surface area contributed by atoms with Gasteiger partial charge < -0.3 is 10.1 Å². The molecule has 2 N–H and O–H groups in total. The zero-order valence-electron chi connectivity index (χ0n) is 13.7. The molecule has 0 atom stereocenters. The number of benzene rings is 2. The van der Waals surface area contributed by atoms with Gasteiger partial charge in [0.2, 0.25) is 11.8 Å². The van der Waals surface area contributed by atoms with Gasteiger partial charge >= 0.3 is 0 Å². The molecule has 2 aromatic rings. The zero-order chi connectivity index (χ0) is 18.1. The molecule has 0 saturated carbocycles. The highest BCUT2D eigenvalue weighted by molar-refractivity contribution is 9.10. The van der Waals surface area contributed by atoms with Crippen molar-refractivity contribution in [3.63, 3.8) is 0 Å². The van der Waals surface area contributed by atoms with Gasteiger partial charge in [0.05, 0.1) is 19.0 Å². The third-order valence-corrected chi connectivity index (χ3v) is 3.95. The van der Waals surface area contributed by atoms with Crippen molar-refractivity contribution in [1.29, 1.82) is 0 Å². The fourth-order valence-corrected chi connectivity index (χ4v) is 2.39. The highest BCUT2D eigenvalue weighted by Crippen LogP contribution is 2.21. The van der Waals surface area contributed by atoms with Gasteiger partial charge in [0, 0.05) is 22.9 Å². The standard InChI is InChI=1S/C18H18BrN3O3/c1-25-16-9-5-2-6-13(16)12-20-22-18(24)11-10-17(23)21-15-8-4-3-7-14(15)19/h2-9,12H,10-11H2,1H3,(H,21,23)(H,22,24). The van der Waals surface area contributed by atoms with E-state index in [2.05, 4.69) is 31.8 Å². The van der Waals surface area contributed by atoms with E-state index in [1.165, 1.54) is 6.21 Å². The largest absolute Gasteiger partial charge is 0.496 e. The number of nitrogens with zero attached hydrogens (tertiary/aromatic N) is 1. The van der Waals surface area contributed by atoms with Gasteiger partial charge in [0.1, 0.15) is 5.75 Å². The van der Waals surface area contributed by atoms with Crippen LogP contribution in [-0.4, -0.2) is 25.1 Å². The smallest absolute Gasteiger partial charge is 0.240 e. The van der Waals surface area contributed by atoms with E-state index in [9.17, 15) is 9.59 Å². The predicted octanol–water partition coefficient (Wildman–Crippen LogP) is 3.33. The molecule has 0 aliphatic carbocycles. The second-order valence-electron chi connectivity index (χ2n) is 5.06. The molecule has 0 bridgehead atoms. The molecule has 0 fully saturated rings. The molecule has 0 radical (unpaired) electrons. The molecule has 0 spiro atoms. The van der Waals surface area contributed by atoms with Crippen LogP contribution in [0.25, 0.3) is 0 Å². The quantitative estimate of drug-likeness (QED) is 0.549. The number of hydrazone groups is 1. The summed E-state index contributed by atoms with van der Waals surface area (Å²) in [7, 11) is 1.56. The molecule has 0 aromatic heterocycles. The number of hydrogen-bond acceptors (Lipinski definition) is 4. The molecule has 0 heterocycles. The van der Waals surface area contributed by atoms with Crippen LogP contribution in [0.4, 0.5) is 5.69 Å². The van der Waals surface area contributed by atoms with Crippen molar-refractivity contribution in [2.75, 3.05) is 12.4 Å². The molecule has 0 unspecified atom stereocenters. The van der Waals surface area contributed by atoms with Gasteiger partial charge in [0.15, 0.2) is 0 Å². The van der Waals surface area contributed by atoms with E-state index in [4.69, 9.17) is 4.74 Å². The first kappa shape index (κ1) is 18.7. The van der Waals surface area contributed by atoms with Crippen LogP contribution in [0.3, 0.4) is 0 Å². The van der Waals surface area contributed by atoms with E-state index in [1.54, 1.807) is 19.2 Å². The molecule has 7 heteroatoms. The Hall–Kier alpha value is -2.67. The number of nitrogens with one attached hydrogen (secondary N) is 2. The second kappa shape index (κ2) is 9.58. The average Bonchev–Trinajstić information content (AvgIpc) is 2.62. The number of ether oxygens (including phenoxy) is 1. The lowest BCUT2D eigenvalue weighted by Crippen LogP contribution is -2.20. The summed E-state index contributed by atoms with van der Waals surface area (Å²) in [6, 6.07) is 14.6. The van der Waals surface area contributed by atoms with Gasteiger partial charge in [-0.25, -0.2) is 5.43 Å². The van der Waals surface area contributed by atoms with E-state index in [0.717, 1.165) is 10.0 Å². The number of para-hydroxylation sites is 2. The van der Waals surface area contributed by atoms with Crippen LogP contribution < -0.4 is 15.5 Å². The lowest BCUT2D eigenvalue weighted by molar-refractivity contribution is -0.124. The second-order valence-corrected chi connectivity index (χ2v) is 5.92. The van der Waals surface area contributed by atoms with Gasteiger partial charge in [0.25, 0.3) is 0 Å². The first-order valence-corrected chi connectivity index (χ1v) is 8.38. The van der Waals surface area contributed by atoms with Crippen molar-refractivity contribution in [2.24, 2.45) is 5.10 Å². The molecule has 0 aliphatic rings. The lowest BCUT2D eigenvalue weighted by Gasteiger charge is -2.06. The van der Waals surface area contributed by atoms with Crippen molar-refractivity contribution in [1.82, 2.24) is 5.43 Å². The number of carbonyl (C=O) groups is 2. The third-order valence-electron chi connectivity index (χ3n) is 3.26. The first-order valence-electron chi connectivity index (χ1n) is 7.59. The number of carbonyl (C=O) groups excluding carboxylic acids is 2. The Bertz CT molecular complexity index is 778. The molecular weight excluding hydrogens is 386 g/mol. The third kappa shape index (κ3) is 6.04. The van der Waals surface area contributed by atoms with E-state index in [0.29, 0.717) is 11.4 Å². The van der Waals surface area contributed by atoms with Gasteiger partial charge in [-0.2, -0.15) is 5.10 Å². The summed E-state index contributed by atoms with van der Waals surface area (Å²) in [5, 5.41) is 6.62. The van der Waals surface area contributed by atoms with Crippen LogP contribution in [0, 0.1) is 0 Å². The van der Waals surface area contributed by atoms with Crippen LogP contribution in [-0.2, 0) is 9.59 Å². The molecule has 130 valence electrons. The first-order chi connectivity index (χ1) is 12.1. The van der Waals surface area contributed by atoms with Crippen molar-refractivity contribution >= 4 is 39.6 Å². The maximum Gasteiger partial charge on any atom is 0.240 e. The monoisotopic (exact) mass is 403 g/mol. The summed E-state index contributed by atoms with van der Waals surface area (Å²) in [6.07, 6.45) is 1.61. The van der Waals surface area contributed by atoms with Gasteiger partial charge in [-0.05, 0) is 40.2 Å². The van der Waals surface area contributed by atoms with Crippen LogP contribution in [0.2, 0.25) is 0 Å². The lowest BCUT2D eigenvalue weighted by atomic mass is 10.2. The minimum atomic E-state index is -0.339. The molecule has 6 nitrogen and oxygen atoms in total. The Morgan fingerprint density at radius 1 is 1.08 bits per heavy atom. The molecular formula is C18H18BrN3O3. The molecule has 0 aliphatic heterocycles. The number of methoxy groups -OCH3 is 1. The molecule has 0 saturated heterocycles. The van der Waals surface area contributed by atoms with Crippen LogP contribution in [0.1, 0.15) is 18.4 Å². The van der Waals surface area contributed by atoms with Crippen molar-refractivity contribution in [3.05, 3.63) is 58.6 Å². The van der Waals surface area contributed by atoms with Gasteiger partial charge in [-0.1, -0.05) is 24.3 Å². The van der Waals surface area contributed by atoms with Crippen molar-refractivity contribution in [2.45, 2.75) is 12.8 Å². The van der Waals surface area contributed by atoms with E-state index >= 15 is 0 Å². The fourth-order valence-electron chi connectivity index (χ4n) is 2.01. The maximum atomic E-state index is 11.9. The van der Waals surface area contributed by atoms with Gasteiger partial charge in [-0.15, -0.1) is 0 Å². The Labute approximate surface area is 154 Å². The summed E-state index contributed by atoms with van der Waals surface area (Å²) in [6.45, 7) is 0. The van der Waals surface area contributed by atoms with Crippen LogP contribution in [0.5, 0.6) is 5.75 Å². The number of anilines is 1. The topological polar surface area (TPSA) is 79.8 Å². The highest BCUT2D eigenvalue weighted by Gasteiger charge is 2.08. The predicted molar refractivity (Wildman–Crippen MR) is 101 cm³/mol. The number of halogens is 1. The number of rotatable bonds is 7. The zero-order valence-corrected chi connectivity index (χ0v) is 15.2. The maximum absolute atomic E-state index is 11.9. The molecule has 2 amide bonds. The van der Waals surface area contributed by atoms with Crippen molar-refractivity contribution in [3.8, 4) is 5.75 Å². The average molecular weight is 404 g/mol. The Morgan fingerprint density at radius 2 is 1.76 bits per heavy atom. The minimum absolute atomic E-state index is 0.0412. The highest BCUT2D eigenvalue weighted by atomic mass is 79.9. The SMILES string of the molecule is COc1ccccc1C=NNC(=O)CCC(=O)Nc1ccccc1Br. The Kier molecular flexibility index (Phi) is 7.16. The summed E-state index contributed by atoms with van der Waals surface area (Å²) >= 11 is 3.35. The minimum Gasteiger partial charge on any atom is -0.496 e.